The molecule has 0 radical (unpaired) electrons. The molecule has 6 nitrogen and oxygen atoms in total. The molecule has 0 fully saturated rings. The van der Waals surface area contributed by atoms with Crippen LogP contribution in [0.15, 0.2) is 28.1 Å². The molecule has 2 rings (SSSR count). The zero-order valence-electron chi connectivity index (χ0n) is 13.2. The second kappa shape index (κ2) is 7.82. The largest absolute Gasteiger partial charge is 0.493 e. The van der Waals surface area contributed by atoms with Crippen LogP contribution in [0.4, 0.5) is 0 Å². The summed E-state index contributed by atoms with van der Waals surface area (Å²) >= 11 is 1.13. The lowest BCUT2D eigenvalue weighted by atomic mass is 10.2. The standard InChI is InChI=1S/C16H18N2O4S/c1-4-7-22-12-6-5-11(8-13(12)21-3)9-14-15(20)18-16(23-14)17-10(2)19/h5-6,8-9H,4,7H2,1-3H3,(H,17,18,19,20)/b14-9-. The molecule has 7 heteroatoms. The number of thioether (sulfide) groups is 1. The number of amidine groups is 1. The number of aliphatic imine (C=N–C) groups is 1. The van der Waals surface area contributed by atoms with Gasteiger partial charge >= 0.3 is 0 Å². The van der Waals surface area contributed by atoms with Crippen molar-refractivity contribution in [1.82, 2.24) is 5.32 Å². The van der Waals surface area contributed by atoms with Crippen molar-refractivity contribution in [2.45, 2.75) is 20.3 Å². The number of carbonyl (C=O) groups excluding carboxylic acids is 2. The van der Waals surface area contributed by atoms with Crippen LogP contribution >= 0.6 is 11.8 Å². The van der Waals surface area contributed by atoms with Crippen LogP contribution in [0.3, 0.4) is 0 Å². The number of ether oxygens (including phenoxy) is 2. The van der Waals surface area contributed by atoms with E-state index in [9.17, 15) is 9.59 Å². The first-order valence-corrected chi connectivity index (χ1v) is 7.96. The van der Waals surface area contributed by atoms with E-state index in [0.717, 1.165) is 23.7 Å². The Hall–Kier alpha value is -2.28. The molecule has 122 valence electrons. The highest BCUT2D eigenvalue weighted by Gasteiger charge is 2.22. The third-order valence-corrected chi connectivity index (χ3v) is 3.75. The Labute approximate surface area is 139 Å². The molecule has 1 aromatic rings. The minimum absolute atomic E-state index is 0.260. The number of carbonyl (C=O) groups is 2. The molecule has 1 aliphatic heterocycles. The molecule has 0 saturated carbocycles. The van der Waals surface area contributed by atoms with E-state index in [1.165, 1.54) is 6.92 Å². The van der Waals surface area contributed by atoms with E-state index in [-0.39, 0.29) is 11.8 Å². The van der Waals surface area contributed by atoms with Crippen LogP contribution in [0.25, 0.3) is 6.08 Å². The maximum absolute atomic E-state index is 11.8. The molecule has 0 unspecified atom stereocenters. The lowest BCUT2D eigenvalue weighted by Gasteiger charge is -2.10. The minimum atomic E-state index is -0.371. The average molecular weight is 334 g/mol. The van der Waals surface area contributed by atoms with Crippen LogP contribution in [-0.2, 0) is 9.59 Å². The van der Waals surface area contributed by atoms with Crippen LogP contribution < -0.4 is 14.8 Å². The Morgan fingerprint density at radius 1 is 1.39 bits per heavy atom. The van der Waals surface area contributed by atoms with Crippen LogP contribution in [0.5, 0.6) is 11.5 Å². The molecular formula is C16H18N2O4S. The van der Waals surface area contributed by atoms with Crippen molar-refractivity contribution in [2.24, 2.45) is 4.99 Å². The third kappa shape index (κ3) is 4.59. The van der Waals surface area contributed by atoms with Crippen molar-refractivity contribution in [2.75, 3.05) is 13.7 Å². The van der Waals surface area contributed by atoms with Gasteiger partial charge in [-0.1, -0.05) is 13.0 Å². The summed E-state index contributed by atoms with van der Waals surface area (Å²) < 4.78 is 10.9. The molecule has 0 bridgehead atoms. The topological polar surface area (TPSA) is 77.0 Å². The molecule has 1 aliphatic rings. The highest BCUT2D eigenvalue weighted by molar-refractivity contribution is 8.18. The quantitative estimate of drug-likeness (QED) is 0.838. The van der Waals surface area contributed by atoms with Gasteiger partial charge in [0.05, 0.1) is 18.6 Å². The van der Waals surface area contributed by atoms with Crippen LogP contribution in [0.2, 0.25) is 0 Å². The summed E-state index contributed by atoms with van der Waals surface area (Å²) in [7, 11) is 1.57. The molecule has 0 atom stereocenters. The van der Waals surface area contributed by atoms with E-state index in [1.54, 1.807) is 25.3 Å². The number of nitrogens with zero attached hydrogens (tertiary/aromatic N) is 1. The van der Waals surface area contributed by atoms with Crippen LogP contribution in [0.1, 0.15) is 25.8 Å². The van der Waals surface area contributed by atoms with Crippen LogP contribution in [0, 0.1) is 0 Å². The first kappa shape index (κ1) is 17.1. The molecule has 0 saturated heterocycles. The number of rotatable bonds is 5. The maximum Gasteiger partial charge on any atom is 0.286 e. The second-order valence-electron chi connectivity index (χ2n) is 4.77. The summed E-state index contributed by atoms with van der Waals surface area (Å²) in [6.45, 7) is 4.01. The number of hydrogen-bond donors (Lipinski definition) is 1. The highest BCUT2D eigenvalue weighted by atomic mass is 32.2. The molecule has 1 N–H and O–H groups in total. The summed E-state index contributed by atoms with van der Waals surface area (Å²) in [4.78, 5) is 27.1. The van der Waals surface area contributed by atoms with E-state index in [0.29, 0.717) is 28.2 Å². The van der Waals surface area contributed by atoms with Crippen molar-refractivity contribution < 1.29 is 19.1 Å². The van der Waals surface area contributed by atoms with E-state index >= 15 is 0 Å². The molecule has 2 amide bonds. The van der Waals surface area contributed by atoms with Gasteiger partial charge in [-0.05, 0) is 42.0 Å². The van der Waals surface area contributed by atoms with Crippen molar-refractivity contribution in [3.8, 4) is 11.5 Å². The lowest BCUT2D eigenvalue weighted by molar-refractivity contribution is -0.117. The predicted octanol–water partition coefficient (Wildman–Crippen LogP) is 2.59. The zero-order valence-corrected chi connectivity index (χ0v) is 14.0. The fraction of sp³-hybridized carbons (Fsp3) is 0.312. The Morgan fingerprint density at radius 2 is 2.17 bits per heavy atom. The van der Waals surface area contributed by atoms with E-state index < -0.39 is 0 Å². The smallest absolute Gasteiger partial charge is 0.286 e. The van der Waals surface area contributed by atoms with E-state index in [4.69, 9.17) is 9.47 Å². The number of nitrogens with one attached hydrogen (secondary N) is 1. The van der Waals surface area contributed by atoms with Gasteiger partial charge in [0.25, 0.3) is 5.91 Å². The number of benzene rings is 1. The maximum atomic E-state index is 11.8. The van der Waals surface area contributed by atoms with Crippen molar-refractivity contribution in [1.29, 1.82) is 0 Å². The van der Waals surface area contributed by atoms with E-state index in [1.807, 2.05) is 13.0 Å². The molecule has 0 aliphatic carbocycles. The monoisotopic (exact) mass is 334 g/mol. The Bertz CT molecular complexity index is 683. The van der Waals surface area contributed by atoms with Gasteiger partial charge in [0, 0.05) is 6.92 Å². The molecule has 23 heavy (non-hydrogen) atoms. The predicted molar refractivity (Wildman–Crippen MR) is 90.6 cm³/mol. The minimum Gasteiger partial charge on any atom is -0.493 e. The molecule has 1 heterocycles. The lowest BCUT2D eigenvalue weighted by Crippen LogP contribution is -2.23. The number of methoxy groups -OCH3 is 1. The van der Waals surface area contributed by atoms with Crippen molar-refractivity contribution >= 4 is 34.8 Å². The van der Waals surface area contributed by atoms with Gasteiger partial charge in [-0.3, -0.25) is 9.59 Å². The fourth-order valence-electron chi connectivity index (χ4n) is 1.87. The normalized spacial score (nSPS) is 15.5. The first-order chi connectivity index (χ1) is 11.0. The molecular weight excluding hydrogens is 316 g/mol. The van der Waals surface area contributed by atoms with Gasteiger partial charge in [0.2, 0.25) is 5.91 Å². The van der Waals surface area contributed by atoms with Gasteiger partial charge in [0.15, 0.2) is 16.7 Å². The molecule has 0 aromatic heterocycles. The highest BCUT2D eigenvalue weighted by Crippen LogP contribution is 2.32. The summed E-state index contributed by atoms with van der Waals surface area (Å²) in [6.07, 6.45) is 2.61. The summed E-state index contributed by atoms with van der Waals surface area (Å²) in [5.41, 5.74) is 0.792. The first-order valence-electron chi connectivity index (χ1n) is 7.14. The number of amides is 2. The fourth-order valence-corrected chi connectivity index (χ4v) is 2.73. The summed E-state index contributed by atoms with van der Waals surface area (Å²) in [5.74, 6) is 0.636. The Kier molecular flexibility index (Phi) is 5.81. The molecule has 0 spiro atoms. The summed E-state index contributed by atoms with van der Waals surface area (Å²) in [5, 5.41) is 2.81. The van der Waals surface area contributed by atoms with Gasteiger partial charge in [-0.25, -0.2) is 0 Å². The number of hydrogen-bond acceptors (Lipinski definition) is 5. The SMILES string of the molecule is CCCOc1ccc(/C=C2\SC(NC(C)=O)=NC2=O)cc1OC. The third-order valence-electron chi connectivity index (χ3n) is 2.85. The van der Waals surface area contributed by atoms with Gasteiger partial charge < -0.3 is 14.8 Å². The van der Waals surface area contributed by atoms with Gasteiger partial charge in [0.1, 0.15) is 0 Å². The second-order valence-corrected chi connectivity index (χ2v) is 5.80. The summed E-state index contributed by atoms with van der Waals surface area (Å²) in [6, 6.07) is 5.44. The Morgan fingerprint density at radius 3 is 2.83 bits per heavy atom. The van der Waals surface area contributed by atoms with Gasteiger partial charge in [-0.15, -0.1) is 0 Å². The molecule has 1 aromatic carbocycles. The zero-order chi connectivity index (χ0) is 16.8. The van der Waals surface area contributed by atoms with Crippen LogP contribution in [-0.4, -0.2) is 30.7 Å². The van der Waals surface area contributed by atoms with Gasteiger partial charge in [-0.2, -0.15) is 4.99 Å². The van der Waals surface area contributed by atoms with Crippen molar-refractivity contribution in [3.63, 3.8) is 0 Å². The Balaban J connectivity index is 2.17. The van der Waals surface area contributed by atoms with Crippen molar-refractivity contribution in [3.05, 3.63) is 28.7 Å². The van der Waals surface area contributed by atoms with E-state index in [2.05, 4.69) is 10.3 Å². The average Bonchev–Trinajstić information content (AvgIpc) is 2.84.